The van der Waals surface area contributed by atoms with E-state index in [9.17, 15) is 0 Å². The zero-order valence-electron chi connectivity index (χ0n) is 26.7. The highest BCUT2D eigenvalue weighted by Crippen LogP contribution is 2.46. The molecule has 2 heterocycles. The van der Waals surface area contributed by atoms with E-state index in [1.54, 1.807) is 0 Å². The number of hydrogen-bond acceptors (Lipinski definition) is 3. The number of para-hydroxylation sites is 1. The SMILES string of the molecule is CC1(C)Oc2ccc(-c3cc(-c4ccccc4)cc(-c4ccccc4)c3)cc2-c2cc(-c3ccc4c(c3)oc3ccccc34)ccc2O1. The van der Waals surface area contributed by atoms with Gasteiger partial charge < -0.3 is 13.9 Å². The molecule has 1 aliphatic rings. The minimum absolute atomic E-state index is 0.785. The van der Waals surface area contributed by atoms with Crippen LogP contribution in [0.1, 0.15) is 13.8 Å². The van der Waals surface area contributed by atoms with Gasteiger partial charge in [0.1, 0.15) is 22.7 Å². The van der Waals surface area contributed by atoms with Crippen molar-refractivity contribution in [1.29, 1.82) is 0 Å². The molecule has 0 aliphatic carbocycles. The van der Waals surface area contributed by atoms with E-state index in [1.165, 1.54) is 22.3 Å². The van der Waals surface area contributed by atoms with E-state index in [1.807, 2.05) is 32.0 Å². The topological polar surface area (TPSA) is 31.6 Å². The first kappa shape index (κ1) is 28.2. The Kier molecular flexibility index (Phi) is 6.48. The molecule has 230 valence electrons. The maximum Gasteiger partial charge on any atom is 0.245 e. The first-order valence-electron chi connectivity index (χ1n) is 16.3. The van der Waals surface area contributed by atoms with Gasteiger partial charge in [-0.25, -0.2) is 0 Å². The molecule has 48 heavy (non-hydrogen) atoms. The number of furan rings is 1. The van der Waals surface area contributed by atoms with Crippen molar-refractivity contribution in [2.75, 3.05) is 0 Å². The Labute approximate surface area is 279 Å². The van der Waals surface area contributed by atoms with Gasteiger partial charge in [0.25, 0.3) is 0 Å². The Morgan fingerprint density at radius 2 is 0.812 bits per heavy atom. The van der Waals surface area contributed by atoms with Gasteiger partial charge in [-0.3, -0.25) is 0 Å². The Bertz CT molecular complexity index is 2410. The zero-order chi connectivity index (χ0) is 32.2. The van der Waals surface area contributed by atoms with Gasteiger partial charge in [-0.15, -0.1) is 0 Å². The van der Waals surface area contributed by atoms with E-state index in [4.69, 9.17) is 13.9 Å². The number of ether oxygens (including phenoxy) is 2. The summed E-state index contributed by atoms with van der Waals surface area (Å²) in [5.41, 5.74) is 12.9. The van der Waals surface area contributed by atoms with Crippen molar-refractivity contribution in [1.82, 2.24) is 0 Å². The summed E-state index contributed by atoms with van der Waals surface area (Å²) >= 11 is 0. The Balaban J connectivity index is 1.20. The van der Waals surface area contributed by atoms with Crippen molar-refractivity contribution < 1.29 is 13.9 Å². The molecule has 3 nitrogen and oxygen atoms in total. The normalized spacial score (nSPS) is 13.3. The van der Waals surface area contributed by atoms with Crippen molar-refractivity contribution >= 4 is 21.9 Å². The summed E-state index contributed by atoms with van der Waals surface area (Å²) in [4.78, 5) is 0. The second-order valence-corrected chi connectivity index (χ2v) is 12.9. The van der Waals surface area contributed by atoms with Crippen molar-refractivity contribution in [2.24, 2.45) is 0 Å². The van der Waals surface area contributed by atoms with Gasteiger partial charge in [-0.1, -0.05) is 97.1 Å². The van der Waals surface area contributed by atoms with Gasteiger partial charge in [0.05, 0.1) is 0 Å². The summed E-state index contributed by atoms with van der Waals surface area (Å²) in [6, 6.07) is 55.5. The summed E-state index contributed by atoms with van der Waals surface area (Å²) in [6.45, 7) is 3.91. The van der Waals surface area contributed by atoms with Crippen LogP contribution in [0.3, 0.4) is 0 Å². The first-order valence-corrected chi connectivity index (χ1v) is 16.3. The molecule has 9 rings (SSSR count). The molecular weight excluding hydrogens is 588 g/mol. The van der Waals surface area contributed by atoms with Crippen molar-refractivity contribution in [3.8, 4) is 67.1 Å². The summed E-state index contributed by atoms with van der Waals surface area (Å²) < 4.78 is 19.2. The summed E-state index contributed by atoms with van der Waals surface area (Å²) in [5.74, 6) is 0.728. The van der Waals surface area contributed by atoms with Gasteiger partial charge in [0, 0.05) is 35.7 Å². The van der Waals surface area contributed by atoms with Crippen LogP contribution in [0.2, 0.25) is 0 Å². The number of hydrogen-bond donors (Lipinski definition) is 0. The third-order valence-electron chi connectivity index (χ3n) is 9.15. The highest BCUT2D eigenvalue weighted by atomic mass is 16.7. The van der Waals surface area contributed by atoms with E-state index in [0.29, 0.717) is 0 Å². The van der Waals surface area contributed by atoms with Crippen molar-refractivity contribution in [2.45, 2.75) is 19.6 Å². The average molecular weight is 621 g/mol. The van der Waals surface area contributed by atoms with Crippen molar-refractivity contribution in [3.05, 3.63) is 158 Å². The van der Waals surface area contributed by atoms with Crippen LogP contribution in [0.4, 0.5) is 0 Å². The lowest BCUT2D eigenvalue weighted by Gasteiger charge is -2.25. The van der Waals surface area contributed by atoms with Crippen LogP contribution in [0.15, 0.2) is 162 Å². The fourth-order valence-corrected chi connectivity index (χ4v) is 6.86. The second kappa shape index (κ2) is 11.0. The van der Waals surface area contributed by atoms with E-state index in [-0.39, 0.29) is 0 Å². The fourth-order valence-electron chi connectivity index (χ4n) is 6.86. The Morgan fingerprint density at radius 1 is 0.354 bits per heavy atom. The molecule has 0 radical (unpaired) electrons. The van der Waals surface area contributed by atoms with E-state index >= 15 is 0 Å². The lowest BCUT2D eigenvalue weighted by atomic mass is 9.91. The average Bonchev–Trinajstić information content (AvgIpc) is 3.45. The van der Waals surface area contributed by atoms with Crippen LogP contribution in [0.5, 0.6) is 11.5 Å². The van der Waals surface area contributed by atoms with Gasteiger partial charge in [-0.05, 0) is 105 Å². The van der Waals surface area contributed by atoms with Crippen LogP contribution in [-0.2, 0) is 0 Å². The molecule has 1 aromatic heterocycles. The summed E-state index contributed by atoms with van der Waals surface area (Å²) in [6.07, 6.45) is 0. The van der Waals surface area contributed by atoms with Crippen molar-refractivity contribution in [3.63, 3.8) is 0 Å². The van der Waals surface area contributed by atoms with Crippen LogP contribution < -0.4 is 9.47 Å². The van der Waals surface area contributed by atoms with Crippen LogP contribution >= 0.6 is 0 Å². The number of fused-ring (bicyclic) bond motifs is 6. The van der Waals surface area contributed by atoms with E-state index in [0.717, 1.165) is 66.8 Å². The molecule has 0 atom stereocenters. The van der Waals surface area contributed by atoms with Crippen LogP contribution in [0.25, 0.3) is 77.6 Å². The quantitative estimate of drug-likeness (QED) is 0.196. The molecule has 0 fully saturated rings. The highest BCUT2D eigenvalue weighted by Gasteiger charge is 2.30. The summed E-state index contributed by atoms with van der Waals surface area (Å²) in [5, 5.41) is 2.24. The largest absolute Gasteiger partial charge is 0.456 e. The van der Waals surface area contributed by atoms with Gasteiger partial charge in [0.2, 0.25) is 5.79 Å². The predicted octanol–water partition coefficient (Wildman–Crippen LogP) is 12.4. The van der Waals surface area contributed by atoms with Crippen LogP contribution in [-0.4, -0.2) is 5.79 Å². The maximum absolute atomic E-state index is 6.50. The van der Waals surface area contributed by atoms with Gasteiger partial charge in [0.15, 0.2) is 0 Å². The Hall–Kier alpha value is -6.06. The number of rotatable bonds is 4. The smallest absolute Gasteiger partial charge is 0.245 e. The zero-order valence-corrected chi connectivity index (χ0v) is 26.7. The molecule has 0 saturated heterocycles. The Morgan fingerprint density at radius 3 is 1.42 bits per heavy atom. The summed E-state index contributed by atoms with van der Waals surface area (Å²) in [7, 11) is 0. The molecule has 8 aromatic rings. The van der Waals surface area contributed by atoms with E-state index in [2.05, 4.69) is 140 Å². The molecular formula is C45H32O3. The second-order valence-electron chi connectivity index (χ2n) is 12.9. The fraction of sp³-hybridized carbons (Fsp3) is 0.0667. The molecule has 0 unspecified atom stereocenters. The predicted molar refractivity (Wildman–Crippen MR) is 196 cm³/mol. The molecule has 0 saturated carbocycles. The molecule has 0 amide bonds. The van der Waals surface area contributed by atoms with Crippen LogP contribution in [0, 0.1) is 0 Å². The maximum atomic E-state index is 6.50. The first-order chi connectivity index (χ1) is 23.5. The minimum Gasteiger partial charge on any atom is -0.456 e. The standard InChI is InChI=1S/C45H32O3/c1-45(2)47-42-21-18-31(33-17-20-38-37-15-9-10-16-41(37)46-44(38)28-33)26-39(42)40-27-32(19-22-43(40)48-45)36-24-34(29-11-5-3-6-12-29)23-35(25-36)30-13-7-4-8-14-30/h3-28H,1-2H3. The molecule has 7 aromatic carbocycles. The lowest BCUT2D eigenvalue weighted by molar-refractivity contribution is -0.0778. The molecule has 1 aliphatic heterocycles. The molecule has 3 heteroatoms. The lowest BCUT2D eigenvalue weighted by Crippen LogP contribution is -2.34. The minimum atomic E-state index is -0.843. The van der Waals surface area contributed by atoms with E-state index < -0.39 is 5.79 Å². The molecule has 0 bridgehead atoms. The third-order valence-corrected chi connectivity index (χ3v) is 9.15. The third kappa shape index (κ3) is 5.01. The van der Waals surface area contributed by atoms with Gasteiger partial charge >= 0.3 is 0 Å². The number of benzene rings is 7. The van der Waals surface area contributed by atoms with Gasteiger partial charge in [-0.2, -0.15) is 0 Å². The molecule has 0 spiro atoms. The highest BCUT2D eigenvalue weighted by molar-refractivity contribution is 6.06. The molecule has 0 N–H and O–H groups in total. The monoisotopic (exact) mass is 620 g/mol.